The fraction of sp³-hybridized carbons (Fsp3) is 0.433. The molecule has 15 heteroatoms. The Morgan fingerprint density at radius 2 is 1.62 bits per heavy atom. The van der Waals surface area contributed by atoms with Crippen LogP contribution < -0.4 is 0 Å². The average molecular weight is 680 g/mol. The third-order valence-corrected chi connectivity index (χ3v) is 8.45. The predicted molar refractivity (Wildman–Crippen MR) is 152 cm³/mol. The van der Waals surface area contributed by atoms with Gasteiger partial charge in [0.1, 0.15) is 17.5 Å². The van der Waals surface area contributed by atoms with Crippen LogP contribution in [0.1, 0.15) is 78.9 Å². The molecule has 1 amide bonds. The zero-order valence-electron chi connectivity index (χ0n) is 24.1. The zero-order chi connectivity index (χ0) is 33.3. The smallest absolute Gasteiger partial charge is 0.433 e. The van der Waals surface area contributed by atoms with E-state index in [2.05, 4.69) is 5.10 Å². The largest absolute Gasteiger partial charge is 0.466 e. The normalized spacial score (nSPS) is 19.3. The minimum absolute atomic E-state index is 0.129. The number of esters is 1. The van der Waals surface area contributed by atoms with E-state index in [-0.39, 0.29) is 53.5 Å². The van der Waals surface area contributed by atoms with Crippen molar-refractivity contribution in [2.24, 2.45) is 5.41 Å². The number of amides is 1. The van der Waals surface area contributed by atoms with Gasteiger partial charge < -0.3 is 14.7 Å². The maximum atomic E-state index is 14.6. The Hall–Kier alpha value is -3.29. The van der Waals surface area contributed by atoms with Gasteiger partial charge >= 0.3 is 12.1 Å². The zero-order valence-corrected chi connectivity index (χ0v) is 25.6. The van der Waals surface area contributed by atoms with Crippen molar-refractivity contribution in [3.05, 3.63) is 86.4 Å². The molecule has 1 atom stereocenters. The molecule has 3 aromatic rings. The Kier molecular flexibility index (Phi) is 10.4. The highest BCUT2D eigenvalue weighted by Crippen LogP contribution is 2.44. The van der Waals surface area contributed by atoms with Crippen LogP contribution in [0.15, 0.2) is 36.5 Å². The van der Waals surface area contributed by atoms with Gasteiger partial charge in [-0.05, 0) is 69.4 Å². The number of carbonyl (C=O) groups excluding carboxylic acids is 2. The molecule has 1 aliphatic rings. The molecule has 1 N–H and O–H groups in total. The Balaban J connectivity index is 1.71. The van der Waals surface area contributed by atoms with Crippen LogP contribution >= 0.6 is 23.2 Å². The van der Waals surface area contributed by atoms with Crippen LogP contribution in [0.4, 0.5) is 26.3 Å². The molecule has 1 unspecified atom stereocenters. The summed E-state index contributed by atoms with van der Waals surface area (Å²) in [7, 11) is 0. The second-order valence-corrected chi connectivity index (χ2v) is 11.9. The minimum atomic E-state index is -5.07. The lowest BCUT2D eigenvalue weighted by Gasteiger charge is -2.36. The number of rotatable bonds is 9. The monoisotopic (exact) mass is 679 g/mol. The first kappa shape index (κ1) is 34.6. The van der Waals surface area contributed by atoms with Gasteiger partial charge in [0.15, 0.2) is 5.69 Å². The van der Waals surface area contributed by atoms with Crippen molar-refractivity contribution in [2.45, 2.75) is 64.4 Å². The van der Waals surface area contributed by atoms with Crippen LogP contribution in [0.25, 0.3) is 0 Å². The summed E-state index contributed by atoms with van der Waals surface area (Å²) in [4.78, 5) is 27.0. The quantitative estimate of drug-likeness (QED) is 0.185. The van der Waals surface area contributed by atoms with Crippen molar-refractivity contribution in [2.75, 3.05) is 13.2 Å². The fourth-order valence-corrected chi connectivity index (χ4v) is 6.27. The lowest BCUT2D eigenvalue weighted by Crippen LogP contribution is -2.37. The molecule has 45 heavy (non-hydrogen) atoms. The summed E-state index contributed by atoms with van der Waals surface area (Å²) in [6.45, 7) is 2.12. The molecular formula is C30H29Cl2F6N3O4. The number of carbonyl (C=O) groups is 2. The van der Waals surface area contributed by atoms with Gasteiger partial charge in [0.2, 0.25) is 0 Å². The van der Waals surface area contributed by atoms with Crippen LogP contribution in [0.5, 0.6) is 0 Å². The minimum Gasteiger partial charge on any atom is -0.466 e. The number of aliphatic hydroxyl groups is 1. The van der Waals surface area contributed by atoms with E-state index in [0.29, 0.717) is 10.7 Å². The van der Waals surface area contributed by atoms with Gasteiger partial charge in [0, 0.05) is 18.2 Å². The van der Waals surface area contributed by atoms with Gasteiger partial charge in [-0.1, -0.05) is 23.2 Å². The maximum absolute atomic E-state index is 14.6. The molecule has 0 aliphatic heterocycles. The Labute approximate surface area is 264 Å². The second-order valence-electron chi connectivity index (χ2n) is 11.1. The van der Waals surface area contributed by atoms with E-state index in [1.165, 1.54) is 0 Å². The third kappa shape index (κ3) is 7.75. The van der Waals surface area contributed by atoms with Crippen LogP contribution in [0.3, 0.4) is 0 Å². The average Bonchev–Trinajstić information content (AvgIpc) is 3.38. The number of halogens is 8. The van der Waals surface area contributed by atoms with E-state index >= 15 is 0 Å². The number of hydrogen-bond donors (Lipinski definition) is 1. The summed E-state index contributed by atoms with van der Waals surface area (Å²) in [5.74, 6) is -4.53. The Morgan fingerprint density at radius 3 is 2.16 bits per heavy atom. The first-order chi connectivity index (χ1) is 21.0. The second kappa shape index (κ2) is 13.6. The standard InChI is InChI=1S/C30H29Cl2F6N3O4/c1-3-45-28(44)29(2)6-4-20(5-7-29)41-26(30(36,37)38)21(13-39-41)27(43)40(14-16-8-17(33)10-18(34)9-16)15-24(42)25-22(31)11-19(35)12-23(25)32/h8-13,20,24,42H,3-7,14-15H2,1-2H3. The summed E-state index contributed by atoms with van der Waals surface area (Å²) < 4.78 is 91.3. The van der Waals surface area contributed by atoms with E-state index in [1.54, 1.807) is 13.8 Å². The van der Waals surface area contributed by atoms with Crippen molar-refractivity contribution < 1.29 is 45.8 Å². The molecule has 1 aromatic heterocycles. The van der Waals surface area contributed by atoms with Crippen molar-refractivity contribution in [3.63, 3.8) is 0 Å². The maximum Gasteiger partial charge on any atom is 0.433 e. The molecule has 0 saturated heterocycles. The first-order valence-electron chi connectivity index (χ1n) is 13.9. The van der Waals surface area contributed by atoms with Crippen molar-refractivity contribution in [3.8, 4) is 0 Å². The molecule has 1 heterocycles. The highest BCUT2D eigenvalue weighted by Gasteiger charge is 2.45. The Bertz CT molecular complexity index is 1530. The summed E-state index contributed by atoms with van der Waals surface area (Å²) in [5, 5.41) is 14.3. The summed E-state index contributed by atoms with van der Waals surface area (Å²) in [6, 6.07) is 3.23. The Morgan fingerprint density at radius 1 is 1.07 bits per heavy atom. The van der Waals surface area contributed by atoms with E-state index in [0.717, 1.165) is 35.4 Å². The first-order valence-corrected chi connectivity index (χ1v) is 14.7. The molecule has 1 saturated carbocycles. The predicted octanol–water partition coefficient (Wildman–Crippen LogP) is 7.69. The molecule has 0 radical (unpaired) electrons. The van der Waals surface area contributed by atoms with Crippen LogP contribution in [-0.2, 0) is 22.3 Å². The molecule has 4 rings (SSSR count). The molecular weight excluding hydrogens is 651 g/mol. The van der Waals surface area contributed by atoms with Gasteiger partial charge in [-0.2, -0.15) is 18.3 Å². The highest BCUT2D eigenvalue weighted by molar-refractivity contribution is 6.36. The topological polar surface area (TPSA) is 84.7 Å². The number of benzene rings is 2. The highest BCUT2D eigenvalue weighted by atomic mass is 35.5. The lowest BCUT2D eigenvalue weighted by molar-refractivity contribution is -0.157. The molecule has 7 nitrogen and oxygen atoms in total. The summed E-state index contributed by atoms with van der Waals surface area (Å²) >= 11 is 12.1. The number of nitrogens with zero attached hydrogens (tertiary/aromatic N) is 3. The number of ether oxygens (including phenoxy) is 1. The van der Waals surface area contributed by atoms with Crippen LogP contribution in [0, 0.1) is 22.9 Å². The van der Waals surface area contributed by atoms with Crippen molar-refractivity contribution in [1.29, 1.82) is 0 Å². The lowest BCUT2D eigenvalue weighted by atomic mass is 9.74. The van der Waals surface area contributed by atoms with E-state index in [4.69, 9.17) is 27.9 Å². The van der Waals surface area contributed by atoms with Gasteiger partial charge in [0.25, 0.3) is 5.91 Å². The number of aromatic nitrogens is 2. The van der Waals surface area contributed by atoms with Gasteiger partial charge in [-0.25, -0.2) is 13.2 Å². The van der Waals surface area contributed by atoms with E-state index < -0.39 is 77.4 Å². The van der Waals surface area contributed by atoms with Gasteiger partial charge in [-0.3, -0.25) is 14.3 Å². The number of alkyl halides is 3. The molecule has 0 bridgehead atoms. The molecule has 0 spiro atoms. The SMILES string of the molecule is CCOC(=O)C1(C)CCC(n2ncc(C(=O)N(Cc3cc(F)cc(F)c3)CC(O)c3c(Cl)cc(F)cc3Cl)c2C(F)(F)F)CC1. The summed E-state index contributed by atoms with van der Waals surface area (Å²) in [6.07, 6.45) is -5.34. The molecule has 2 aromatic carbocycles. The van der Waals surface area contributed by atoms with Gasteiger partial charge in [0.05, 0.1) is 52.5 Å². The molecule has 1 fully saturated rings. The van der Waals surface area contributed by atoms with Crippen LogP contribution in [-0.4, -0.2) is 44.8 Å². The van der Waals surface area contributed by atoms with Crippen LogP contribution in [0.2, 0.25) is 10.0 Å². The molecule has 244 valence electrons. The van der Waals surface area contributed by atoms with Crippen molar-refractivity contribution in [1.82, 2.24) is 14.7 Å². The summed E-state index contributed by atoms with van der Waals surface area (Å²) in [5.41, 5.74) is -3.45. The van der Waals surface area contributed by atoms with Crippen molar-refractivity contribution >= 4 is 35.1 Å². The third-order valence-electron chi connectivity index (χ3n) is 7.82. The molecule has 1 aliphatic carbocycles. The number of aliphatic hydroxyl groups excluding tert-OH is 1. The fourth-order valence-electron chi connectivity index (χ4n) is 5.56. The van der Waals surface area contributed by atoms with E-state index in [1.807, 2.05) is 0 Å². The number of hydrogen-bond acceptors (Lipinski definition) is 5. The van der Waals surface area contributed by atoms with E-state index in [9.17, 15) is 41.0 Å². The van der Waals surface area contributed by atoms with Gasteiger partial charge in [-0.15, -0.1) is 0 Å².